The van der Waals surface area contributed by atoms with E-state index >= 15 is 0 Å². The largest absolute Gasteiger partial charge is 0.355 e. The summed E-state index contributed by atoms with van der Waals surface area (Å²) < 4.78 is 1.19. The lowest BCUT2D eigenvalue weighted by Gasteiger charge is -2.23. The van der Waals surface area contributed by atoms with Crippen LogP contribution < -0.4 is 10.6 Å². The zero-order valence-corrected chi connectivity index (χ0v) is 10.7. The molecule has 5 heteroatoms. The highest BCUT2D eigenvalue weighted by Gasteiger charge is 2.33. The number of fused-ring (bicyclic) bond motifs is 1. The highest BCUT2D eigenvalue weighted by atomic mass is 32.1. The third kappa shape index (κ3) is 1.79. The average molecular weight is 248 g/mol. The van der Waals surface area contributed by atoms with Gasteiger partial charge in [0.15, 0.2) is 0 Å². The quantitative estimate of drug-likeness (QED) is 0.881. The van der Waals surface area contributed by atoms with E-state index in [-0.39, 0.29) is 5.41 Å². The van der Waals surface area contributed by atoms with Crippen molar-refractivity contribution >= 4 is 27.4 Å². The van der Waals surface area contributed by atoms with Crippen LogP contribution in [0.15, 0.2) is 17.8 Å². The van der Waals surface area contributed by atoms with E-state index in [9.17, 15) is 0 Å². The monoisotopic (exact) mass is 248 g/mol. The second-order valence-corrected chi connectivity index (χ2v) is 5.93. The summed E-state index contributed by atoms with van der Waals surface area (Å²) in [6.07, 6.45) is 2.79. The van der Waals surface area contributed by atoms with Gasteiger partial charge in [-0.1, -0.05) is 6.92 Å². The van der Waals surface area contributed by atoms with Gasteiger partial charge in [-0.25, -0.2) is 9.97 Å². The molecule has 0 aliphatic carbocycles. The summed E-state index contributed by atoms with van der Waals surface area (Å²) in [6, 6.07) is 2.05. The topological polar surface area (TPSA) is 55.0 Å². The Bertz CT molecular complexity index is 538. The van der Waals surface area contributed by atoms with Crippen molar-refractivity contribution in [1.82, 2.24) is 9.97 Å². The van der Waals surface area contributed by atoms with Crippen LogP contribution in [0, 0.1) is 5.41 Å². The Hall–Kier alpha value is -1.20. The molecule has 3 heterocycles. The number of nitrogens with zero attached hydrogens (tertiary/aromatic N) is 3. The molecule has 1 aliphatic heterocycles. The molecule has 1 fully saturated rings. The van der Waals surface area contributed by atoms with Gasteiger partial charge in [0.05, 0.1) is 10.2 Å². The molecule has 0 saturated carbocycles. The first-order valence-corrected chi connectivity index (χ1v) is 6.73. The molecular formula is C12H16N4S. The van der Waals surface area contributed by atoms with Crippen LogP contribution in [-0.4, -0.2) is 29.6 Å². The maximum absolute atomic E-state index is 5.84. The van der Waals surface area contributed by atoms with Gasteiger partial charge in [0.1, 0.15) is 12.1 Å². The van der Waals surface area contributed by atoms with Crippen LogP contribution in [0.4, 0.5) is 5.82 Å². The molecule has 0 radical (unpaired) electrons. The molecule has 0 amide bonds. The first-order chi connectivity index (χ1) is 8.22. The van der Waals surface area contributed by atoms with E-state index in [0.717, 1.165) is 37.4 Å². The van der Waals surface area contributed by atoms with E-state index < -0.39 is 0 Å². The number of nitrogens with two attached hydrogens (primary N) is 1. The molecule has 1 atom stereocenters. The Kier molecular flexibility index (Phi) is 2.52. The van der Waals surface area contributed by atoms with Gasteiger partial charge >= 0.3 is 0 Å². The second kappa shape index (κ2) is 3.92. The Labute approximate surface area is 104 Å². The van der Waals surface area contributed by atoms with Crippen LogP contribution >= 0.6 is 11.3 Å². The highest BCUT2D eigenvalue weighted by Crippen LogP contribution is 2.35. The molecule has 0 spiro atoms. The van der Waals surface area contributed by atoms with E-state index in [1.807, 2.05) is 6.07 Å². The lowest BCUT2D eigenvalue weighted by atomic mass is 9.90. The fourth-order valence-electron chi connectivity index (χ4n) is 2.37. The number of aromatic nitrogens is 2. The lowest BCUT2D eigenvalue weighted by Crippen LogP contribution is -2.31. The zero-order chi connectivity index (χ0) is 11.9. The smallest absolute Gasteiger partial charge is 0.150 e. The molecule has 17 heavy (non-hydrogen) atoms. The highest BCUT2D eigenvalue weighted by molar-refractivity contribution is 7.17. The Morgan fingerprint density at radius 2 is 2.41 bits per heavy atom. The first kappa shape index (κ1) is 10.9. The van der Waals surface area contributed by atoms with Gasteiger partial charge < -0.3 is 10.6 Å². The van der Waals surface area contributed by atoms with Crippen LogP contribution in [0.5, 0.6) is 0 Å². The maximum Gasteiger partial charge on any atom is 0.150 e. The summed E-state index contributed by atoms with van der Waals surface area (Å²) in [5, 5.41) is 2.07. The van der Waals surface area contributed by atoms with Gasteiger partial charge in [0.2, 0.25) is 0 Å². The standard InChI is InChI=1S/C12H16N4S/c1-12(6-13)3-4-16(7-12)11-10-9(2-5-17-10)14-8-15-11/h2,5,8H,3-4,6-7,13H2,1H3. The van der Waals surface area contributed by atoms with Crippen molar-refractivity contribution < 1.29 is 0 Å². The fourth-order valence-corrected chi connectivity index (χ4v) is 3.23. The predicted molar refractivity (Wildman–Crippen MR) is 71.4 cm³/mol. The molecule has 2 aromatic heterocycles. The molecule has 2 aromatic rings. The van der Waals surface area contributed by atoms with Crippen LogP contribution in [0.3, 0.4) is 0 Å². The lowest BCUT2D eigenvalue weighted by molar-refractivity contribution is 0.383. The summed E-state index contributed by atoms with van der Waals surface area (Å²) in [7, 11) is 0. The van der Waals surface area contributed by atoms with E-state index in [0.29, 0.717) is 0 Å². The Morgan fingerprint density at radius 3 is 3.18 bits per heavy atom. The van der Waals surface area contributed by atoms with Crippen molar-refractivity contribution in [1.29, 1.82) is 0 Å². The third-order valence-electron chi connectivity index (χ3n) is 3.57. The van der Waals surface area contributed by atoms with Crippen LogP contribution in [0.2, 0.25) is 0 Å². The Morgan fingerprint density at radius 1 is 1.53 bits per heavy atom. The van der Waals surface area contributed by atoms with Gasteiger partial charge in [-0.3, -0.25) is 0 Å². The van der Waals surface area contributed by atoms with Crippen LogP contribution in [0.1, 0.15) is 13.3 Å². The predicted octanol–water partition coefficient (Wildman–Crippen LogP) is 1.87. The zero-order valence-electron chi connectivity index (χ0n) is 9.89. The van der Waals surface area contributed by atoms with Gasteiger partial charge in [-0.2, -0.15) is 0 Å². The minimum absolute atomic E-state index is 0.231. The molecule has 0 aromatic carbocycles. The minimum Gasteiger partial charge on any atom is -0.355 e. The molecular weight excluding hydrogens is 232 g/mol. The number of thiophene rings is 1. The van der Waals surface area contributed by atoms with Crippen molar-refractivity contribution in [3.05, 3.63) is 17.8 Å². The Balaban J connectivity index is 1.98. The molecule has 1 saturated heterocycles. The summed E-state index contributed by atoms with van der Waals surface area (Å²) >= 11 is 1.71. The average Bonchev–Trinajstić information content (AvgIpc) is 2.95. The molecule has 2 N–H and O–H groups in total. The third-order valence-corrected chi connectivity index (χ3v) is 4.47. The number of anilines is 1. The number of rotatable bonds is 2. The van der Waals surface area contributed by atoms with Gasteiger partial charge in [0.25, 0.3) is 0 Å². The van der Waals surface area contributed by atoms with Crippen molar-refractivity contribution in [3.8, 4) is 0 Å². The molecule has 4 nitrogen and oxygen atoms in total. The van der Waals surface area contributed by atoms with Crippen molar-refractivity contribution in [2.45, 2.75) is 13.3 Å². The van der Waals surface area contributed by atoms with Crippen LogP contribution in [0.25, 0.3) is 10.2 Å². The van der Waals surface area contributed by atoms with Crippen molar-refractivity contribution in [3.63, 3.8) is 0 Å². The van der Waals surface area contributed by atoms with Gasteiger partial charge in [0, 0.05) is 13.1 Å². The molecule has 0 bridgehead atoms. The van der Waals surface area contributed by atoms with E-state index in [1.54, 1.807) is 17.7 Å². The first-order valence-electron chi connectivity index (χ1n) is 5.85. The van der Waals surface area contributed by atoms with Crippen molar-refractivity contribution in [2.24, 2.45) is 11.1 Å². The normalized spacial score (nSPS) is 24.7. The maximum atomic E-state index is 5.84. The van der Waals surface area contributed by atoms with Crippen molar-refractivity contribution in [2.75, 3.05) is 24.5 Å². The molecule has 90 valence electrons. The second-order valence-electron chi connectivity index (χ2n) is 5.02. The number of hydrogen-bond donors (Lipinski definition) is 1. The van der Waals surface area contributed by atoms with Gasteiger partial charge in [-0.15, -0.1) is 11.3 Å². The summed E-state index contributed by atoms with van der Waals surface area (Å²) in [4.78, 5) is 11.1. The summed E-state index contributed by atoms with van der Waals surface area (Å²) in [5.41, 5.74) is 7.12. The molecule has 1 unspecified atom stereocenters. The van der Waals surface area contributed by atoms with Gasteiger partial charge in [-0.05, 0) is 29.8 Å². The summed E-state index contributed by atoms with van der Waals surface area (Å²) in [5.74, 6) is 1.07. The molecule has 3 rings (SSSR count). The van der Waals surface area contributed by atoms with Crippen LogP contribution in [-0.2, 0) is 0 Å². The fraction of sp³-hybridized carbons (Fsp3) is 0.500. The summed E-state index contributed by atoms with van der Waals surface area (Å²) in [6.45, 7) is 5.02. The van der Waals surface area contributed by atoms with E-state index in [4.69, 9.17) is 5.73 Å². The SMILES string of the molecule is CC1(CN)CCN(c2ncnc3ccsc23)C1. The minimum atomic E-state index is 0.231. The van der Waals surface area contributed by atoms with E-state index in [2.05, 4.69) is 27.2 Å². The molecule has 1 aliphatic rings. The number of hydrogen-bond acceptors (Lipinski definition) is 5. The van der Waals surface area contributed by atoms with E-state index in [1.165, 1.54) is 4.70 Å².